The van der Waals surface area contributed by atoms with Crippen molar-refractivity contribution >= 4 is 28.0 Å². The number of aromatic nitrogens is 4. The molecule has 2 aliphatic rings. The highest BCUT2D eigenvalue weighted by molar-refractivity contribution is 7.13. The summed E-state index contributed by atoms with van der Waals surface area (Å²) in [6.45, 7) is 3.98. The molecule has 0 radical (unpaired) electrons. The maximum absolute atomic E-state index is 12.9. The van der Waals surface area contributed by atoms with Gasteiger partial charge in [-0.15, -0.1) is 10.2 Å². The van der Waals surface area contributed by atoms with E-state index in [1.54, 1.807) is 30.2 Å². The zero-order valence-corrected chi connectivity index (χ0v) is 18.0. The molecule has 4 heterocycles. The number of fused-ring (bicyclic) bond motifs is 2. The Balaban J connectivity index is 1.26. The average Bonchev–Trinajstić information content (AvgIpc) is 3.47. The van der Waals surface area contributed by atoms with Gasteiger partial charge in [0, 0.05) is 32.6 Å². The Bertz CT molecular complexity index is 1040. The zero-order chi connectivity index (χ0) is 20.7. The van der Waals surface area contributed by atoms with Crippen LogP contribution in [-0.4, -0.2) is 57.8 Å². The Morgan fingerprint density at radius 1 is 1.33 bits per heavy atom. The smallest absolute Gasteiger partial charge is 0.226 e. The molecule has 1 aliphatic carbocycles. The lowest BCUT2D eigenvalue weighted by atomic mass is 9.77. The lowest BCUT2D eigenvalue weighted by Gasteiger charge is -2.37. The van der Waals surface area contributed by atoms with Crippen LogP contribution in [0.3, 0.4) is 0 Å². The first-order valence-electron chi connectivity index (χ1n) is 10.4. The number of imidazole rings is 1. The van der Waals surface area contributed by atoms with E-state index in [4.69, 9.17) is 4.74 Å². The molecule has 9 heteroatoms. The molecule has 3 aromatic rings. The number of rotatable bonds is 5. The van der Waals surface area contributed by atoms with Gasteiger partial charge in [-0.3, -0.25) is 4.79 Å². The molecule has 1 saturated carbocycles. The number of carbonyl (C=O) groups is 1. The quantitative estimate of drug-likeness (QED) is 0.673. The third kappa shape index (κ3) is 3.56. The Morgan fingerprint density at radius 2 is 2.17 bits per heavy atom. The summed E-state index contributed by atoms with van der Waals surface area (Å²) >= 11 is 1.58. The molecular formula is C21H26N6O2S. The standard InChI is InChI=1S/C21H26N6O2S/c1-13-4-3-5-27-16(9-22-20(13)27)8-19(28)24-17-6-14-10-26(21-25-23-12-30-21)11-15(14)7-18(17)29-2/h3-5,9,12,14-15,17-18H,6-8,10-11H2,1-2H3,(H,24,28)/t14-,15+,17-,18-/m0/s1. The molecule has 3 aromatic heterocycles. The predicted octanol–water partition coefficient (Wildman–Crippen LogP) is 2.08. The molecule has 1 N–H and O–H groups in total. The van der Waals surface area contributed by atoms with Crippen molar-refractivity contribution in [2.75, 3.05) is 25.1 Å². The number of hydrogen-bond donors (Lipinski definition) is 1. The van der Waals surface area contributed by atoms with Crippen LogP contribution in [0.2, 0.25) is 0 Å². The second kappa shape index (κ2) is 7.96. The van der Waals surface area contributed by atoms with Crippen LogP contribution in [0.15, 0.2) is 30.0 Å². The highest BCUT2D eigenvalue weighted by atomic mass is 32.1. The minimum Gasteiger partial charge on any atom is -0.379 e. The third-order valence-corrected chi connectivity index (χ3v) is 7.28. The fraction of sp³-hybridized carbons (Fsp3) is 0.524. The predicted molar refractivity (Wildman–Crippen MR) is 115 cm³/mol. The number of ether oxygens (including phenoxy) is 1. The molecule has 30 heavy (non-hydrogen) atoms. The summed E-state index contributed by atoms with van der Waals surface area (Å²) < 4.78 is 7.78. The molecule has 0 bridgehead atoms. The average molecular weight is 427 g/mol. The van der Waals surface area contributed by atoms with E-state index in [1.165, 1.54) is 0 Å². The van der Waals surface area contributed by atoms with Crippen LogP contribution in [0.25, 0.3) is 5.65 Å². The number of pyridine rings is 1. The molecule has 2 fully saturated rings. The van der Waals surface area contributed by atoms with Crippen molar-refractivity contribution in [3.8, 4) is 0 Å². The Kier molecular flexibility index (Phi) is 5.16. The van der Waals surface area contributed by atoms with Crippen molar-refractivity contribution in [1.82, 2.24) is 24.9 Å². The van der Waals surface area contributed by atoms with Gasteiger partial charge in [-0.2, -0.15) is 0 Å². The summed E-state index contributed by atoms with van der Waals surface area (Å²) in [7, 11) is 1.74. The van der Waals surface area contributed by atoms with Crippen LogP contribution in [0.1, 0.15) is 24.1 Å². The van der Waals surface area contributed by atoms with Gasteiger partial charge in [0.2, 0.25) is 11.0 Å². The summed E-state index contributed by atoms with van der Waals surface area (Å²) in [5, 5.41) is 12.4. The maximum atomic E-state index is 12.9. The Hall–Kier alpha value is -2.52. The van der Waals surface area contributed by atoms with Crippen molar-refractivity contribution in [3.63, 3.8) is 0 Å². The third-order valence-electron chi connectivity index (χ3n) is 6.53. The number of hydrogen-bond acceptors (Lipinski definition) is 7. The van der Waals surface area contributed by atoms with Gasteiger partial charge in [0.15, 0.2) is 0 Å². The van der Waals surface area contributed by atoms with Gasteiger partial charge in [-0.05, 0) is 43.2 Å². The SMILES string of the molecule is CO[C@H]1C[C@@H]2CN(c3nncs3)C[C@@H]2C[C@@H]1NC(=O)Cc1cnc2c(C)cccn12. The minimum atomic E-state index is 0.0165. The first kappa shape index (κ1) is 19.4. The van der Waals surface area contributed by atoms with Crippen LogP contribution in [0.4, 0.5) is 5.13 Å². The van der Waals surface area contributed by atoms with E-state index in [0.29, 0.717) is 18.3 Å². The van der Waals surface area contributed by atoms with Crippen molar-refractivity contribution in [3.05, 3.63) is 41.3 Å². The van der Waals surface area contributed by atoms with Gasteiger partial charge >= 0.3 is 0 Å². The molecule has 0 aromatic carbocycles. The molecule has 8 nitrogen and oxygen atoms in total. The van der Waals surface area contributed by atoms with Gasteiger partial charge in [0.05, 0.1) is 24.3 Å². The zero-order valence-electron chi connectivity index (χ0n) is 17.2. The van der Waals surface area contributed by atoms with E-state index in [9.17, 15) is 4.79 Å². The number of methoxy groups -OCH3 is 1. The summed E-state index contributed by atoms with van der Waals surface area (Å²) in [4.78, 5) is 19.7. The Labute approximate surface area is 179 Å². The van der Waals surface area contributed by atoms with Gasteiger partial charge in [0.1, 0.15) is 11.2 Å². The molecule has 5 rings (SSSR count). The number of aryl methyl sites for hydroxylation is 1. The molecule has 0 spiro atoms. The number of carbonyl (C=O) groups excluding carboxylic acids is 1. The second-order valence-electron chi connectivity index (χ2n) is 8.38. The Morgan fingerprint density at radius 3 is 2.93 bits per heavy atom. The molecule has 0 unspecified atom stereocenters. The van der Waals surface area contributed by atoms with Crippen LogP contribution < -0.4 is 10.2 Å². The lowest BCUT2D eigenvalue weighted by molar-refractivity contribution is -0.123. The van der Waals surface area contributed by atoms with Gasteiger partial charge < -0.3 is 19.4 Å². The first-order chi connectivity index (χ1) is 14.6. The minimum absolute atomic E-state index is 0.0165. The van der Waals surface area contributed by atoms with E-state index in [-0.39, 0.29) is 18.1 Å². The van der Waals surface area contributed by atoms with Crippen molar-refractivity contribution in [1.29, 1.82) is 0 Å². The molecule has 1 aliphatic heterocycles. The highest BCUT2D eigenvalue weighted by Gasteiger charge is 2.43. The van der Waals surface area contributed by atoms with Gasteiger partial charge in [0.25, 0.3) is 0 Å². The summed E-state index contributed by atoms with van der Waals surface area (Å²) in [5.74, 6) is 1.11. The normalized spacial score (nSPS) is 26.1. The number of nitrogens with one attached hydrogen (secondary N) is 1. The van der Waals surface area contributed by atoms with Gasteiger partial charge in [-0.1, -0.05) is 17.4 Å². The summed E-state index contributed by atoms with van der Waals surface area (Å²) in [5.41, 5.74) is 4.68. The van der Waals surface area contributed by atoms with Crippen LogP contribution in [0.5, 0.6) is 0 Å². The maximum Gasteiger partial charge on any atom is 0.226 e. The topological polar surface area (TPSA) is 84.6 Å². The highest BCUT2D eigenvalue weighted by Crippen LogP contribution is 2.39. The number of anilines is 1. The van der Waals surface area contributed by atoms with E-state index in [1.807, 2.05) is 29.7 Å². The van der Waals surface area contributed by atoms with E-state index in [2.05, 4.69) is 25.4 Å². The second-order valence-corrected chi connectivity index (χ2v) is 9.19. The molecule has 4 atom stereocenters. The van der Waals surface area contributed by atoms with E-state index >= 15 is 0 Å². The molecule has 158 valence electrons. The van der Waals surface area contributed by atoms with Crippen LogP contribution >= 0.6 is 11.3 Å². The number of nitrogens with zero attached hydrogens (tertiary/aromatic N) is 5. The monoisotopic (exact) mass is 426 g/mol. The van der Waals surface area contributed by atoms with Crippen molar-refractivity contribution < 1.29 is 9.53 Å². The van der Waals surface area contributed by atoms with Crippen LogP contribution in [-0.2, 0) is 16.0 Å². The van der Waals surface area contributed by atoms with Gasteiger partial charge in [-0.25, -0.2) is 4.98 Å². The fourth-order valence-electron chi connectivity index (χ4n) is 5.04. The van der Waals surface area contributed by atoms with E-state index in [0.717, 1.165) is 48.0 Å². The van der Waals surface area contributed by atoms with Crippen LogP contribution in [0, 0.1) is 18.8 Å². The summed E-state index contributed by atoms with van der Waals surface area (Å²) in [6.07, 6.45) is 5.98. The lowest BCUT2D eigenvalue weighted by Crippen LogP contribution is -2.50. The summed E-state index contributed by atoms with van der Waals surface area (Å²) in [6, 6.07) is 4.04. The molecule has 1 amide bonds. The molecular weight excluding hydrogens is 400 g/mol. The first-order valence-corrected chi connectivity index (χ1v) is 11.2. The molecule has 1 saturated heterocycles. The largest absolute Gasteiger partial charge is 0.379 e. The number of amides is 1. The van der Waals surface area contributed by atoms with Crippen molar-refractivity contribution in [2.45, 2.75) is 38.3 Å². The van der Waals surface area contributed by atoms with E-state index < -0.39 is 0 Å². The van der Waals surface area contributed by atoms with Crippen molar-refractivity contribution in [2.24, 2.45) is 11.8 Å². The fourth-order valence-corrected chi connectivity index (χ4v) is 5.62.